The number of nitrogens with one attached hydrogen (secondary N) is 2. The van der Waals surface area contributed by atoms with Crippen molar-refractivity contribution in [3.8, 4) is 5.75 Å². The molecular formula is C15H22N2O5S. The number of hydrogen-bond donors (Lipinski definition) is 3. The molecule has 1 aromatic rings. The average molecular weight is 342 g/mol. The molecule has 0 spiro atoms. The summed E-state index contributed by atoms with van der Waals surface area (Å²) in [5.41, 5.74) is 1.46. The third-order valence-electron chi connectivity index (χ3n) is 3.07. The summed E-state index contributed by atoms with van der Waals surface area (Å²) in [4.78, 5) is 11.6. The zero-order chi connectivity index (χ0) is 17.5. The summed E-state index contributed by atoms with van der Waals surface area (Å²) in [6.45, 7) is 7.37. The fourth-order valence-corrected chi connectivity index (χ4v) is 3.12. The van der Waals surface area contributed by atoms with Crippen molar-refractivity contribution in [3.05, 3.63) is 36.9 Å². The van der Waals surface area contributed by atoms with E-state index in [1.54, 1.807) is 19.9 Å². The Kier molecular flexibility index (Phi) is 7.21. The average Bonchev–Trinajstić information content (AvgIpc) is 2.52. The standard InChI is InChI=1S/C15H22N2O5S/c1-4-5-10-22-12-6-8-13(9-7-12)23(20,21)17-14(11(2)3)15(18)16-19/h4,6-9,11,14,17,19H,1,5,10H2,2-3H3,(H,16,18). The van der Waals surface area contributed by atoms with Crippen molar-refractivity contribution in [1.82, 2.24) is 10.2 Å². The van der Waals surface area contributed by atoms with Crippen LogP contribution in [0.2, 0.25) is 0 Å². The molecule has 0 aliphatic heterocycles. The van der Waals surface area contributed by atoms with Crippen LogP contribution in [0, 0.1) is 5.92 Å². The number of hydrogen-bond acceptors (Lipinski definition) is 5. The Morgan fingerprint density at radius 1 is 1.35 bits per heavy atom. The quantitative estimate of drug-likeness (QED) is 0.273. The molecule has 1 unspecified atom stereocenters. The SMILES string of the molecule is C=CCCOc1ccc(S(=O)(=O)NC(C(=O)NO)C(C)C)cc1. The van der Waals surface area contributed by atoms with Gasteiger partial charge in [-0.05, 0) is 36.6 Å². The monoisotopic (exact) mass is 342 g/mol. The molecule has 3 N–H and O–H groups in total. The molecule has 0 aromatic heterocycles. The number of carbonyl (C=O) groups is 1. The van der Waals surface area contributed by atoms with Gasteiger partial charge in [-0.1, -0.05) is 19.9 Å². The van der Waals surface area contributed by atoms with Crippen molar-refractivity contribution in [1.29, 1.82) is 0 Å². The third kappa shape index (κ3) is 5.66. The molecule has 0 saturated heterocycles. The normalized spacial score (nSPS) is 12.7. The van der Waals surface area contributed by atoms with Crippen LogP contribution >= 0.6 is 0 Å². The molecule has 0 saturated carbocycles. The summed E-state index contributed by atoms with van der Waals surface area (Å²) >= 11 is 0. The maximum Gasteiger partial charge on any atom is 0.261 e. The minimum absolute atomic E-state index is 0.00459. The molecule has 0 fully saturated rings. The second kappa shape index (κ2) is 8.66. The lowest BCUT2D eigenvalue weighted by Crippen LogP contribution is -2.48. The van der Waals surface area contributed by atoms with Crippen molar-refractivity contribution < 1.29 is 23.2 Å². The topological polar surface area (TPSA) is 105 Å². The number of rotatable bonds is 9. The Morgan fingerprint density at radius 2 is 1.96 bits per heavy atom. The van der Waals surface area contributed by atoms with E-state index >= 15 is 0 Å². The first-order valence-corrected chi connectivity index (χ1v) is 8.60. The second-order valence-corrected chi connectivity index (χ2v) is 6.93. The van der Waals surface area contributed by atoms with Gasteiger partial charge in [0.05, 0.1) is 11.5 Å². The summed E-state index contributed by atoms with van der Waals surface area (Å²) in [5.74, 6) is -0.606. The molecule has 0 radical (unpaired) electrons. The van der Waals surface area contributed by atoms with Crippen LogP contribution in [0.3, 0.4) is 0 Å². The van der Waals surface area contributed by atoms with Gasteiger partial charge < -0.3 is 4.74 Å². The van der Waals surface area contributed by atoms with Gasteiger partial charge in [-0.3, -0.25) is 10.0 Å². The molecule has 0 heterocycles. The molecular weight excluding hydrogens is 320 g/mol. The van der Waals surface area contributed by atoms with Crippen LogP contribution in [0.1, 0.15) is 20.3 Å². The van der Waals surface area contributed by atoms with E-state index in [2.05, 4.69) is 11.3 Å². The first-order valence-electron chi connectivity index (χ1n) is 7.12. The van der Waals surface area contributed by atoms with Crippen molar-refractivity contribution in [2.75, 3.05) is 6.61 Å². The van der Waals surface area contributed by atoms with Crippen molar-refractivity contribution >= 4 is 15.9 Å². The van der Waals surface area contributed by atoms with E-state index in [-0.39, 0.29) is 10.8 Å². The van der Waals surface area contributed by atoms with E-state index in [4.69, 9.17) is 9.94 Å². The number of sulfonamides is 1. The summed E-state index contributed by atoms with van der Waals surface area (Å²) in [6.07, 6.45) is 2.41. The predicted molar refractivity (Wildman–Crippen MR) is 85.6 cm³/mol. The Morgan fingerprint density at radius 3 is 2.43 bits per heavy atom. The van der Waals surface area contributed by atoms with Gasteiger partial charge in [0.2, 0.25) is 10.0 Å². The van der Waals surface area contributed by atoms with Gasteiger partial charge in [-0.15, -0.1) is 6.58 Å². The van der Waals surface area contributed by atoms with Crippen LogP contribution in [0.5, 0.6) is 5.75 Å². The highest BCUT2D eigenvalue weighted by Gasteiger charge is 2.28. The van der Waals surface area contributed by atoms with E-state index in [1.165, 1.54) is 29.7 Å². The van der Waals surface area contributed by atoms with Gasteiger partial charge in [0, 0.05) is 0 Å². The molecule has 1 atom stereocenters. The minimum Gasteiger partial charge on any atom is -0.493 e. The molecule has 128 valence electrons. The lowest BCUT2D eigenvalue weighted by molar-refractivity contribution is -0.131. The first kappa shape index (κ1) is 19.1. The zero-order valence-corrected chi connectivity index (χ0v) is 14.0. The van der Waals surface area contributed by atoms with Crippen LogP contribution in [0.4, 0.5) is 0 Å². The predicted octanol–water partition coefficient (Wildman–Crippen LogP) is 1.45. The van der Waals surface area contributed by atoms with Crippen LogP contribution < -0.4 is 14.9 Å². The van der Waals surface area contributed by atoms with E-state index in [1.807, 2.05) is 0 Å². The summed E-state index contributed by atoms with van der Waals surface area (Å²) < 4.78 is 32.3. The summed E-state index contributed by atoms with van der Waals surface area (Å²) in [7, 11) is -3.90. The van der Waals surface area contributed by atoms with Gasteiger partial charge in [-0.25, -0.2) is 13.9 Å². The summed E-state index contributed by atoms with van der Waals surface area (Å²) in [6, 6.07) is 4.77. The van der Waals surface area contributed by atoms with Crippen molar-refractivity contribution in [2.24, 2.45) is 5.92 Å². The highest BCUT2D eigenvalue weighted by molar-refractivity contribution is 7.89. The highest BCUT2D eigenvalue weighted by Crippen LogP contribution is 2.17. The molecule has 0 aliphatic carbocycles. The van der Waals surface area contributed by atoms with Crippen molar-refractivity contribution in [2.45, 2.75) is 31.2 Å². The van der Waals surface area contributed by atoms with Gasteiger partial charge in [0.25, 0.3) is 5.91 Å². The molecule has 8 heteroatoms. The molecule has 23 heavy (non-hydrogen) atoms. The van der Waals surface area contributed by atoms with Crippen LogP contribution in [0.15, 0.2) is 41.8 Å². The lowest BCUT2D eigenvalue weighted by Gasteiger charge is -2.20. The number of carbonyl (C=O) groups excluding carboxylic acids is 1. The Bertz CT molecular complexity index is 626. The number of hydroxylamine groups is 1. The van der Waals surface area contributed by atoms with Gasteiger partial charge in [0.15, 0.2) is 0 Å². The number of benzene rings is 1. The molecule has 1 rings (SSSR count). The van der Waals surface area contributed by atoms with Crippen molar-refractivity contribution in [3.63, 3.8) is 0 Å². The van der Waals surface area contributed by atoms with Gasteiger partial charge in [-0.2, -0.15) is 4.72 Å². The highest BCUT2D eigenvalue weighted by atomic mass is 32.2. The minimum atomic E-state index is -3.90. The van der Waals surface area contributed by atoms with E-state index in [0.717, 1.165) is 0 Å². The van der Waals surface area contributed by atoms with Crippen LogP contribution in [-0.4, -0.2) is 32.2 Å². The molecule has 1 aromatic carbocycles. The Balaban J connectivity index is 2.86. The fourth-order valence-electron chi connectivity index (χ4n) is 1.77. The first-order chi connectivity index (χ1) is 10.8. The smallest absolute Gasteiger partial charge is 0.261 e. The van der Waals surface area contributed by atoms with E-state index < -0.39 is 22.0 Å². The lowest BCUT2D eigenvalue weighted by atomic mass is 10.1. The molecule has 0 bridgehead atoms. The molecule has 1 amide bonds. The van der Waals surface area contributed by atoms with Gasteiger partial charge in [0.1, 0.15) is 11.8 Å². The third-order valence-corrected chi connectivity index (χ3v) is 4.52. The molecule has 0 aliphatic rings. The fraction of sp³-hybridized carbons (Fsp3) is 0.400. The Labute approximate surface area is 136 Å². The van der Waals surface area contributed by atoms with Crippen LogP contribution in [0.25, 0.3) is 0 Å². The molecule has 7 nitrogen and oxygen atoms in total. The maximum atomic E-state index is 12.3. The number of ether oxygens (including phenoxy) is 1. The maximum absolute atomic E-state index is 12.3. The van der Waals surface area contributed by atoms with E-state index in [0.29, 0.717) is 18.8 Å². The summed E-state index contributed by atoms with van der Waals surface area (Å²) in [5, 5.41) is 8.70. The zero-order valence-electron chi connectivity index (χ0n) is 13.2. The van der Waals surface area contributed by atoms with E-state index in [9.17, 15) is 13.2 Å². The largest absolute Gasteiger partial charge is 0.493 e. The number of amides is 1. The van der Waals surface area contributed by atoms with Gasteiger partial charge >= 0.3 is 0 Å². The second-order valence-electron chi connectivity index (χ2n) is 5.22. The Hall–Kier alpha value is -1.90. The van der Waals surface area contributed by atoms with Crippen LogP contribution in [-0.2, 0) is 14.8 Å².